The molecule has 0 fully saturated rings. The first kappa shape index (κ1) is 17.6. The van der Waals surface area contributed by atoms with Gasteiger partial charge in [-0.1, -0.05) is 0 Å². The van der Waals surface area contributed by atoms with Gasteiger partial charge in [-0.15, -0.1) is 0 Å². The summed E-state index contributed by atoms with van der Waals surface area (Å²) >= 11 is 0. The molecule has 0 amide bonds. The van der Waals surface area contributed by atoms with E-state index in [1.54, 1.807) is 18.2 Å². The third-order valence-electron chi connectivity index (χ3n) is 3.03. The molecule has 0 aliphatic rings. The smallest absolute Gasteiger partial charge is 0.406 e. The summed E-state index contributed by atoms with van der Waals surface area (Å²) < 4.78 is 53.8. The molecule has 7 heteroatoms. The molecule has 0 aromatic heterocycles. The van der Waals surface area contributed by atoms with Crippen LogP contribution >= 0.6 is 0 Å². The van der Waals surface area contributed by atoms with E-state index in [0.717, 1.165) is 13.8 Å². The third kappa shape index (κ3) is 4.78. The molecule has 120 valence electrons. The average Bonchev–Trinajstić information content (AvgIpc) is 2.42. The predicted molar refractivity (Wildman–Crippen MR) is 72.5 cm³/mol. The monoisotopic (exact) mass is 307 g/mol. The number of ether oxygens (including phenoxy) is 3. The average molecular weight is 307 g/mol. The molecule has 0 radical (unpaired) electrons. The third-order valence-corrected chi connectivity index (χ3v) is 3.03. The van der Waals surface area contributed by atoms with E-state index in [4.69, 9.17) is 14.2 Å². The summed E-state index contributed by atoms with van der Waals surface area (Å²) in [5.41, 5.74) is -1.45. The molecule has 0 spiro atoms. The van der Waals surface area contributed by atoms with Gasteiger partial charge in [0.25, 0.3) is 0 Å². The molecule has 0 aliphatic heterocycles. The second kappa shape index (κ2) is 7.00. The first-order valence-electron chi connectivity index (χ1n) is 6.31. The van der Waals surface area contributed by atoms with Gasteiger partial charge < -0.3 is 14.2 Å². The first-order chi connectivity index (χ1) is 9.71. The number of nitrogens with one attached hydrogen (secondary N) is 1. The van der Waals surface area contributed by atoms with Gasteiger partial charge >= 0.3 is 6.18 Å². The van der Waals surface area contributed by atoms with E-state index in [1.165, 1.54) is 14.2 Å². The van der Waals surface area contributed by atoms with E-state index in [9.17, 15) is 13.2 Å². The van der Waals surface area contributed by atoms with E-state index in [1.807, 2.05) is 0 Å². The Balaban J connectivity index is 2.89. The van der Waals surface area contributed by atoms with Crippen LogP contribution in [0.2, 0.25) is 0 Å². The van der Waals surface area contributed by atoms with Gasteiger partial charge in [0.05, 0.1) is 7.11 Å². The summed E-state index contributed by atoms with van der Waals surface area (Å²) in [5.74, 6) is 0.990. The van der Waals surface area contributed by atoms with Crippen LogP contribution in [0.25, 0.3) is 0 Å². The van der Waals surface area contributed by atoms with Gasteiger partial charge in [0.15, 0.2) is 6.79 Å². The van der Waals surface area contributed by atoms with Crippen molar-refractivity contribution < 1.29 is 27.4 Å². The van der Waals surface area contributed by atoms with Gasteiger partial charge in [0.1, 0.15) is 17.0 Å². The normalized spacial score (nSPS) is 12.3. The molecule has 1 N–H and O–H groups in total. The number of hydrogen-bond acceptors (Lipinski definition) is 4. The second-order valence-electron chi connectivity index (χ2n) is 5.00. The van der Waals surface area contributed by atoms with Crippen LogP contribution in [0.15, 0.2) is 18.2 Å². The Hall–Kier alpha value is -1.47. The molecule has 21 heavy (non-hydrogen) atoms. The van der Waals surface area contributed by atoms with Crippen LogP contribution in [-0.2, 0) is 11.3 Å². The molecule has 0 heterocycles. The Labute approximate surface area is 122 Å². The zero-order valence-corrected chi connectivity index (χ0v) is 12.5. The summed E-state index contributed by atoms with van der Waals surface area (Å²) in [7, 11) is 2.95. The van der Waals surface area contributed by atoms with Crippen molar-refractivity contribution in [3.63, 3.8) is 0 Å². The van der Waals surface area contributed by atoms with Crippen LogP contribution in [0.1, 0.15) is 19.4 Å². The Morgan fingerprint density at radius 3 is 2.33 bits per heavy atom. The zero-order chi connectivity index (χ0) is 16.1. The first-order valence-corrected chi connectivity index (χ1v) is 6.31. The summed E-state index contributed by atoms with van der Waals surface area (Å²) in [5, 5.41) is 2.48. The Kier molecular flexibility index (Phi) is 5.86. The fourth-order valence-electron chi connectivity index (χ4n) is 1.50. The largest absolute Gasteiger partial charge is 0.497 e. The van der Waals surface area contributed by atoms with Crippen molar-refractivity contribution in [2.24, 2.45) is 0 Å². The van der Waals surface area contributed by atoms with Crippen molar-refractivity contribution in [3.8, 4) is 11.5 Å². The SMILES string of the molecule is COCOc1ccc(OC)cc1CNC(C)(C)C(F)(F)F. The number of methoxy groups -OCH3 is 2. The standard InChI is InChI=1S/C14H20F3NO3/c1-13(2,14(15,16)17)18-8-10-7-11(20-4)5-6-12(10)21-9-19-3/h5-7,18H,8-9H2,1-4H3. The fourth-order valence-corrected chi connectivity index (χ4v) is 1.50. The minimum Gasteiger partial charge on any atom is -0.497 e. The van der Waals surface area contributed by atoms with Crippen LogP contribution in [0.5, 0.6) is 11.5 Å². The van der Waals surface area contributed by atoms with Gasteiger partial charge in [0.2, 0.25) is 0 Å². The molecular weight excluding hydrogens is 287 g/mol. The highest BCUT2D eigenvalue weighted by atomic mass is 19.4. The number of hydrogen-bond donors (Lipinski definition) is 1. The summed E-state index contributed by atoms with van der Waals surface area (Å²) in [6.07, 6.45) is -4.35. The van der Waals surface area contributed by atoms with Crippen molar-refractivity contribution in [1.29, 1.82) is 0 Å². The number of benzene rings is 1. The molecule has 1 aromatic rings. The zero-order valence-electron chi connectivity index (χ0n) is 12.5. The number of alkyl halides is 3. The summed E-state index contributed by atoms with van der Waals surface area (Å²) in [6.45, 7) is 2.18. The fraction of sp³-hybridized carbons (Fsp3) is 0.571. The van der Waals surface area contributed by atoms with Gasteiger partial charge in [-0.05, 0) is 32.0 Å². The topological polar surface area (TPSA) is 39.7 Å². The molecule has 0 saturated carbocycles. The number of halogens is 3. The van der Waals surface area contributed by atoms with Crippen molar-refractivity contribution >= 4 is 0 Å². The van der Waals surface area contributed by atoms with Crippen LogP contribution in [0.3, 0.4) is 0 Å². The molecule has 0 saturated heterocycles. The quantitative estimate of drug-likeness (QED) is 0.786. The van der Waals surface area contributed by atoms with Crippen molar-refractivity contribution in [2.75, 3.05) is 21.0 Å². The van der Waals surface area contributed by atoms with E-state index in [0.29, 0.717) is 17.1 Å². The van der Waals surface area contributed by atoms with Crippen LogP contribution < -0.4 is 14.8 Å². The van der Waals surface area contributed by atoms with Crippen LogP contribution in [0.4, 0.5) is 13.2 Å². The lowest BCUT2D eigenvalue weighted by Gasteiger charge is -2.29. The van der Waals surface area contributed by atoms with Gasteiger partial charge in [-0.25, -0.2) is 0 Å². The highest BCUT2D eigenvalue weighted by molar-refractivity contribution is 5.40. The maximum atomic E-state index is 12.8. The molecule has 1 aromatic carbocycles. The highest BCUT2D eigenvalue weighted by Crippen LogP contribution is 2.31. The molecule has 0 unspecified atom stereocenters. The van der Waals surface area contributed by atoms with E-state index in [-0.39, 0.29) is 13.3 Å². The molecule has 0 atom stereocenters. The van der Waals surface area contributed by atoms with Crippen LogP contribution in [0, 0.1) is 0 Å². The molecule has 0 aliphatic carbocycles. The minimum atomic E-state index is -4.35. The maximum Gasteiger partial charge on any atom is 0.406 e. The van der Waals surface area contributed by atoms with E-state index in [2.05, 4.69) is 5.32 Å². The van der Waals surface area contributed by atoms with E-state index >= 15 is 0 Å². The van der Waals surface area contributed by atoms with Crippen molar-refractivity contribution in [3.05, 3.63) is 23.8 Å². The van der Waals surface area contributed by atoms with Crippen LogP contribution in [-0.4, -0.2) is 32.7 Å². The van der Waals surface area contributed by atoms with E-state index < -0.39 is 11.7 Å². The molecule has 0 bridgehead atoms. The predicted octanol–water partition coefficient (Wildman–Crippen LogP) is 3.11. The summed E-state index contributed by atoms with van der Waals surface area (Å²) in [6, 6.07) is 4.93. The lowest BCUT2D eigenvalue weighted by molar-refractivity contribution is -0.186. The van der Waals surface area contributed by atoms with Gasteiger partial charge in [0, 0.05) is 19.2 Å². The van der Waals surface area contributed by atoms with Gasteiger partial charge in [-0.2, -0.15) is 13.2 Å². The molecule has 1 rings (SSSR count). The van der Waals surface area contributed by atoms with Gasteiger partial charge in [-0.3, -0.25) is 5.32 Å². The molecule has 4 nitrogen and oxygen atoms in total. The minimum absolute atomic E-state index is 0.0112. The summed E-state index contributed by atoms with van der Waals surface area (Å²) in [4.78, 5) is 0. The number of rotatable bonds is 7. The highest BCUT2D eigenvalue weighted by Gasteiger charge is 2.46. The van der Waals surface area contributed by atoms with Crippen molar-refractivity contribution in [2.45, 2.75) is 32.1 Å². The Morgan fingerprint density at radius 2 is 1.81 bits per heavy atom. The Bertz CT molecular complexity index is 461. The maximum absolute atomic E-state index is 12.8. The lowest BCUT2D eigenvalue weighted by Crippen LogP contribution is -2.51. The van der Waals surface area contributed by atoms with Crippen molar-refractivity contribution in [1.82, 2.24) is 5.32 Å². The molecular formula is C14H20F3NO3. The second-order valence-corrected chi connectivity index (χ2v) is 5.00. The Morgan fingerprint density at radius 1 is 1.14 bits per heavy atom. The lowest BCUT2D eigenvalue weighted by atomic mass is 10.0.